The minimum atomic E-state index is -2.74. The molecular formula is C24H30N3O5S-. The van der Waals surface area contributed by atoms with E-state index in [9.17, 15) is 18.7 Å². The molecule has 0 radical (unpaired) electrons. The third-order valence-electron chi connectivity index (χ3n) is 6.23. The monoisotopic (exact) mass is 472 g/mol. The van der Waals surface area contributed by atoms with Crippen molar-refractivity contribution in [2.24, 2.45) is 5.92 Å². The summed E-state index contributed by atoms with van der Waals surface area (Å²) in [7, 11) is 4.10. The van der Waals surface area contributed by atoms with E-state index < -0.39 is 17.2 Å². The van der Waals surface area contributed by atoms with E-state index in [1.165, 1.54) is 0 Å². The molecule has 8 nitrogen and oxygen atoms in total. The van der Waals surface area contributed by atoms with Gasteiger partial charge in [0.25, 0.3) is 0 Å². The maximum absolute atomic E-state index is 12.4. The van der Waals surface area contributed by atoms with Crippen LogP contribution < -0.4 is 14.4 Å². The molecule has 178 valence electrons. The second-order valence-corrected chi connectivity index (χ2v) is 9.72. The number of unbranched alkanes of at least 4 members (excludes halogenated alkanes) is 2. The van der Waals surface area contributed by atoms with E-state index >= 15 is 0 Å². The smallest absolute Gasteiger partial charge is 0.341 e. The largest absolute Gasteiger partial charge is 0.755 e. The first kappa shape index (κ1) is 23.5. The first-order valence-electron chi connectivity index (χ1n) is 11.3. The van der Waals surface area contributed by atoms with Crippen molar-refractivity contribution < 1.29 is 23.4 Å². The van der Waals surface area contributed by atoms with Crippen molar-refractivity contribution in [3.05, 3.63) is 47.5 Å². The number of carboxylic acid groups (broad SMARTS) is 1. The lowest BCUT2D eigenvalue weighted by atomic mass is 10.00. The Morgan fingerprint density at radius 3 is 2.70 bits per heavy atom. The highest BCUT2D eigenvalue weighted by Gasteiger charge is 2.45. The molecule has 4 rings (SSSR count). The minimum Gasteiger partial charge on any atom is -0.755 e. The van der Waals surface area contributed by atoms with Gasteiger partial charge in [-0.2, -0.15) is 0 Å². The van der Waals surface area contributed by atoms with Gasteiger partial charge in [-0.25, -0.2) is 4.79 Å². The van der Waals surface area contributed by atoms with Crippen LogP contribution in [0.25, 0.3) is 0 Å². The molecular weight excluding hydrogens is 442 g/mol. The molecule has 2 aliphatic rings. The van der Waals surface area contributed by atoms with Gasteiger partial charge in [0, 0.05) is 12.5 Å². The lowest BCUT2D eigenvalue weighted by Gasteiger charge is -2.31. The van der Waals surface area contributed by atoms with Gasteiger partial charge in [0.15, 0.2) is 0 Å². The molecule has 2 aromatic carbocycles. The maximum Gasteiger partial charge on any atom is 0.341 e. The molecule has 0 saturated heterocycles. The van der Waals surface area contributed by atoms with Gasteiger partial charge in [-0.05, 0) is 69.6 Å². The Morgan fingerprint density at radius 1 is 1.18 bits per heavy atom. The number of aromatic carboxylic acids is 1. The summed E-state index contributed by atoms with van der Waals surface area (Å²) in [5.41, 5.74) is 1.83. The molecule has 1 aliphatic carbocycles. The summed E-state index contributed by atoms with van der Waals surface area (Å²) in [6.45, 7) is 2.18. The quantitative estimate of drug-likeness (QED) is 0.377. The zero-order chi connectivity index (χ0) is 23.5. The lowest BCUT2D eigenvalue weighted by molar-refractivity contribution is 0.0692. The Labute approximate surface area is 197 Å². The number of rotatable bonds is 11. The summed E-state index contributed by atoms with van der Waals surface area (Å²) in [4.78, 5) is 14.4. The second kappa shape index (κ2) is 10.1. The Morgan fingerprint density at radius 2 is 1.97 bits per heavy atom. The zero-order valence-electron chi connectivity index (χ0n) is 19.0. The van der Waals surface area contributed by atoms with Crippen LogP contribution in [0.15, 0.2) is 36.4 Å². The summed E-state index contributed by atoms with van der Waals surface area (Å²) < 4.78 is 31.7. The number of benzene rings is 2. The standard InChI is InChI=1S/C24H31N3O5S/c1-26(2)13-7-3-6-12-25-19-8-4-5-9-20(19)27(33(30)31)21-11-10-17-18-14-16(18)15-32-23(17)22(21)24(28)29/h4-5,8-11,16,18,25H,3,6-7,12-15H2,1-2H3,(H,28,29)(H,30,31)/p-1. The second-order valence-electron chi connectivity index (χ2n) is 8.92. The molecule has 3 atom stereocenters. The van der Waals surface area contributed by atoms with Crippen LogP contribution in [0, 0.1) is 5.92 Å². The van der Waals surface area contributed by atoms with Crippen molar-refractivity contribution in [2.45, 2.75) is 31.6 Å². The third kappa shape index (κ3) is 5.15. The van der Waals surface area contributed by atoms with Gasteiger partial charge >= 0.3 is 5.97 Å². The molecule has 0 amide bonds. The van der Waals surface area contributed by atoms with Crippen molar-refractivity contribution in [2.75, 3.05) is 43.4 Å². The predicted molar refractivity (Wildman–Crippen MR) is 128 cm³/mol. The number of hydrogen-bond donors (Lipinski definition) is 2. The molecule has 33 heavy (non-hydrogen) atoms. The predicted octanol–water partition coefficient (Wildman–Crippen LogP) is 3.96. The van der Waals surface area contributed by atoms with Gasteiger partial charge in [0.2, 0.25) is 0 Å². The number of ether oxygens (including phenoxy) is 1. The number of carbonyl (C=O) groups is 1. The Bertz CT molecular complexity index is 1040. The van der Waals surface area contributed by atoms with Gasteiger partial charge in [-0.3, -0.25) is 8.51 Å². The van der Waals surface area contributed by atoms with Crippen LogP contribution in [0.4, 0.5) is 17.1 Å². The minimum absolute atomic E-state index is 0.0777. The molecule has 9 heteroatoms. The fraction of sp³-hybridized carbons (Fsp3) is 0.458. The van der Waals surface area contributed by atoms with Crippen LogP contribution in [0.5, 0.6) is 5.75 Å². The normalized spacial score (nSPS) is 19.3. The van der Waals surface area contributed by atoms with E-state index in [-0.39, 0.29) is 11.3 Å². The van der Waals surface area contributed by atoms with Gasteiger partial charge in [0.1, 0.15) is 11.3 Å². The van der Waals surface area contributed by atoms with Gasteiger partial charge in [0.05, 0.1) is 34.9 Å². The van der Waals surface area contributed by atoms with Gasteiger partial charge < -0.3 is 24.6 Å². The number of hydrogen-bond acceptors (Lipinski definition) is 6. The van der Waals surface area contributed by atoms with Crippen molar-refractivity contribution in [3.8, 4) is 5.75 Å². The SMILES string of the molecule is CN(C)CCCCCNc1ccccc1N(c1ccc2c(c1C(=O)O)OCC1CC21)S(=O)[O-]. The number of carboxylic acids is 1. The summed E-state index contributed by atoms with van der Waals surface area (Å²) in [6, 6.07) is 10.4. The molecule has 0 bridgehead atoms. The third-order valence-corrected chi connectivity index (χ3v) is 6.92. The van der Waals surface area contributed by atoms with E-state index in [0.717, 1.165) is 42.1 Å². The summed E-state index contributed by atoms with van der Waals surface area (Å²) in [6.07, 6.45) is 4.06. The van der Waals surface area contributed by atoms with Gasteiger partial charge in [-0.1, -0.05) is 24.6 Å². The zero-order valence-corrected chi connectivity index (χ0v) is 19.8. The summed E-state index contributed by atoms with van der Waals surface area (Å²) in [5, 5.41) is 13.3. The van der Waals surface area contributed by atoms with Crippen molar-refractivity contribution in [1.29, 1.82) is 0 Å². The van der Waals surface area contributed by atoms with Gasteiger partial charge in [-0.15, -0.1) is 0 Å². The van der Waals surface area contributed by atoms with Crippen LogP contribution in [-0.4, -0.2) is 58.5 Å². The van der Waals surface area contributed by atoms with Crippen molar-refractivity contribution >= 4 is 34.3 Å². The van der Waals surface area contributed by atoms with E-state index in [1.807, 2.05) is 26.2 Å². The van der Waals surface area contributed by atoms with Crippen LogP contribution in [0.1, 0.15) is 47.5 Å². The van der Waals surface area contributed by atoms with E-state index in [0.29, 0.717) is 42.1 Å². The fourth-order valence-electron chi connectivity index (χ4n) is 4.46. The first-order chi connectivity index (χ1) is 15.9. The van der Waals surface area contributed by atoms with E-state index in [1.54, 1.807) is 24.3 Å². The Hall–Kier alpha value is -2.62. The fourth-order valence-corrected chi connectivity index (χ4v) is 5.09. The summed E-state index contributed by atoms with van der Waals surface area (Å²) in [5.74, 6) is -0.186. The highest BCUT2D eigenvalue weighted by atomic mass is 32.2. The van der Waals surface area contributed by atoms with Crippen molar-refractivity contribution in [1.82, 2.24) is 4.90 Å². The van der Waals surface area contributed by atoms with E-state index in [4.69, 9.17) is 4.74 Å². The maximum atomic E-state index is 12.4. The van der Waals surface area contributed by atoms with Crippen molar-refractivity contribution in [3.63, 3.8) is 0 Å². The highest BCUT2D eigenvalue weighted by molar-refractivity contribution is 7.81. The number of anilines is 3. The number of nitrogens with zero attached hydrogens (tertiary/aromatic N) is 2. The highest BCUT2D eigenvalue weighted by Crippen LogP contribution is 2.56. The molecule has 1 fully saturated rings. The van der Waals surface area contributed by atoms with Crippen LogP contribution >= 0.6 is 0 Å². The first-order valence-corrected chi connectivity index (χ1v) is 12.3. The molecule has 3 unspecified atom stereocenters. The average molecular weight is 473 g/mol. The molecule has 2 N–H and O–H groups in total. The molecule has 1 heterocycles. The van der Waals surface area contributed by atoms with E-state index in [2.05, 4.69) is 10.2 Å². The molecule has 0 aromatic heterocycles. The lowest BCUT2D eigenvalue weighted by Crippen LogP contribution is -2.24. The molecule has 0 spiro atoms. The van der Waals surface area contributed by atoms with Crippen LogP contribution in [0.2, 0.25) is 0 Å². The molecule has 2 aromatic rings. The number of nitrogens with one attached hydrogen (secondary N) is 1. The number of fused-ring (bicyclic) bond motifs is 3. The Balaban J connectivity index is 1.61. The van der Waals surface area contributed by atoms with Crippen LogP contribution in [-0.2, 0) is 11.3 Å². The topological polar surface area (TPSA) is 105 Å². The molecule has 1 saturated carbocycles. The van der Waals surface area contributed by atoms with Crippen LogP contribution in [0.3, 0.4) is 0 Å². The Kier molecular flexibility index (Phi) is 7.21. The number of para-hydroxylation sites is 2. The average Bonchev–Trinajstić information content (AvgIpc) is 3.56. The molecule has 1 aliphatic heterocycles. The summed E-state index contributed by atoms with van der Waals surface area (Å²) >= 11 is -2.74.